The van der Waals surface area contributed by atoms with Gasteiger partial charge < -0.3 is 15.0 Å². The summed E-state index contributed by atoms with van der Waals surface area (Å²) in [5, 5.41) is 3.03. The highest BCUT2D eigenvalue weighted by molar-refractivity contribution is 5.94. The maximum Gasteiger partial charge on any atom is 0.409 e. The molecule has 1 N–H and O–H groups in total. The summed E-state index contributed by atoms with van der Waals surface area (Å²) < 4.78 is 4.98. The van der Waals surface area contributed by atoms with Crippen LogP contribution < -0.4 is 5.32 Å². The second kappa shape index (κ2) is 7.11. The molecule has 0 aromatic heterocycles. The molecule has 0 aliphatic carbocycles. The summed E-state index contributed by atoms with van der Waals surface area (Å²) in [6.45, 7) is 5.43. The fraction of sp³-hybridized carbons (Fsp3) is 0.500. The predicted octanol–water partition coefficient (Wildman–Crippen LogP) is 2.35. The van der Waals surface area contributed by atoms with Crippen LogP contribution in [-0.4, -0.2) is 42.6 Å². The molecule has 0 unspecified atom stereocenters. The van der Waals surface area contributed by atoms with E-state index in [1.54, 1.807) is 11.8 Å². The van der Waals surface area contributed by atoms with E-state index in [-0.39, 0.29) is 18.0 Å². The van der Waals surface area contributed by atoms with E-state index in [2.05, 4.69) is 5.32 Å². The average Bonchev–Trinajstić information content (AvgIpc) is 2.49. The first-order valence-corrected chi connectivity index (χ1v) is 7.39. The largest absolute Gasteiger partial charge is 0.450 e. The van der Waals surface area contributed by atoms with E-state index in [9.17, 15) is 9.59 Å². The van der Waals surface area contributed by atoms with E-state index >= 15 is 0 Å². The lowest BCUT2D eigenvalue weighted by atomic mass is 10.0. The highest BCUT2D eigenvalue weighted by Gasteiger charge is 2.24. The van der Waals surface area contributed by atoms with Crippen LogP contribution in [0.2, 0.25) is 0 Å². The second-order valence-electron chi connectivity index (χ2n) is 5.30. The molecule has 0 atom stereocenters. The van der Waals surface area contributed by atoms with Crippen LogP contribution in [0.25, 0.3) is 0 Å². The van der Waals surface area contributed by atoms with Gasteiger partial charge in [0.25, 0.3) is 5.91 Å². The molecule has 1 aromatic carbocycles. The molecule has 2 rings (SSSR count). The molecule has 0 saturated carbocycles. The SMILES string of the molecule is CCOC(=O)N1CCC(NC(=O)c2ccc(C)cc2)CC1. The number of carbonyl (C=O) groups excluding carboxylic acids is 2. The molecule has 0 radical (unpaired) electrons. The Morgan fingerprint density at radius 1 is 1.24 bits per heavy atom. The van der Waals surface area contributed by atoms with Crippen molar-refractivity contribution in [2.75, 3.05) is 19.7 Å². The second-order valence-corrected chi connectivity index (χ2v) is 5.30. The van der Waals surface area contributed by atoms with Gasteiger partial charge in [0.05, 0.1) is 6.61 Å². The van der Waals surface area contributed by atoms with E-state index in [1.807, 2.05) is 31.2 Å². The van der Waals surface area contributed by atoms with Gasteiger partial charge in [-0.05, 0) is 38.8 Å². The highest BCUT2D eigenvalue weighted by atomic mass is 16.6. The summed E-state index contributed by atoms with van der Waals surface area (Å²) in [7, 11) is 0. The van der Waals surface area contributed by atoms with Crippen molar-refractivity contribution >= 4 is 12.0 Å². The molecule has 1 saturated heterocycles. The van der Waals surface area contributed by atoms with Gasteiger partial charge in [0, 0.05) is 24.7 Å². The van der Waals surface area contributed by atoms with Crippen molar-refractivity contribution in [3.8, 4) is 0 Å². The third-order valence-corrected chi connectivity index (χ3v) is 3.67. The Bertz CT molecular complexity index is 491. The van der Waals surface area contributed by atoms with Gasteiger partial charge in [0.15, 0.2) is 0 Å². The molecule has 1 aliphatic rings. The van der Waals surface area contributed by atoms with Crippen molar-refractivity contribution in [1.29, 1.82) is 0 Å². The summed E-state index contributed by atoms with van der Waals surface area (Å²) in [5.41, 5.74) is 1.81. The van der Waals surface area contributed by atoms with Crippen LogP contribution in [0, 0.1) is 6.92 Å². The van der Waals surface area contributed by atoms with E-state index in [1.165, 1.54) is 0 Å². The van der Waals surface area contributed by atoms with Gasteiger partial charge in [0.2, 0.25) is 0 Å². The summed E-state index contributed by atoms with van der Waals surface area (Å²) >= 11 is 0. The molecule has 5 nitrogen and oxygen atoms in total. The summed E-state index contributed by atoms with van der Waals surface area (Å²) in [6, 6.07) is 7.64. The third-order valence-electron chi connectivity index (χ3n) is 3.67. The van der Waals surface area contributed by atoms with Crippen molar-refractivity contribution in [1.82, 2.24) is 10.2 Å². The Morgan fingerprint density at radius 3 is 2.43 bits per heavy atom. The lowest BCUT2D eigenvalue weighted by Gasteiger charge is -2.31. The van der Waals surface area contributed by atoms with Crippen LogP contribution in [0.3, 0.4) is 0 Å². The quantitative estimate of drug-likeness (QED) is 0.929. The number of nitrogens with one attached hydrogen (secondary N) is 1. The van der Waals surface area contributed by atoms with Gasteiger partial charge in [-0.2, -0.15) is 0 Å². The molecular formula is C16H22N2O3. The van der Waals surface area contributed by atoms with E-state index < -0.39 is 0 Å². The Labute approximate surface area is 125 Å². The molecule has 1 aliphatic heterocycles. The van der Waals surface area contributed by atoms with Gasteiger partial charge in [-0.3, -0.25) is 4.79 Å². The van der Waals surface area contributed by atoms with E-state index in [0.717, 1.165) is 18.4 Å². The van der Waals surface area contributed by atoms with Crippen molar-refractivity contribution in [2.24, 2.45) is 0 Å². The zero-order chi connectivity index (χ0) is 15.2. The maximum absolute atomic E-state index is 12.1. The number of ether oxygens (including phenoxy) is 1. The number of aryl methyl sites for hydroxylation is 1. The molecular weight excluding hydrogens is 268 g/mol. The zero-order valence-electron chi connectivity index (χ0n) is 12.6. The van der Waals surface area contributed by atoms with Gasteiger partial charge >= 0.3 is 6.09 Å². The molecule has 1 fully saturated rings. The first-order valence-electron chi connectivity index (χ1n) is 7.39. The van der Waals surface area contributed by atoms with Crippen LogP contribution in [0.4, 0.5) is 4.79 Å². The monoisotopic (exact) mass is 290 g/mol. The molecule has 114 valence electrons. The van der Waals surface area contributed by atoms with Crippen LogP contribution in [-0.2, 0) is 4.74 Å². The molecule has 0 spiro atoms. The predicted molar refractivity (Wildman–Crippen MR) is 80.3 cm³/mol. The average molecular weight is 290 g/mol. The van der Waals surface area contributed by atoms with Crippen molar-refractivity contribution < 1.29 is 14.3 Å². The standard InChI is InChI=1S/C16H22N2O3/c1-3-21-16(20)18-10-8-14(9-11-18)17-15(19)13-6-4-12(2)5-7-13/h4-7,14H,3,8-11H2,1-2H3,(H,17,19). The van der Waals surface area contributed by atoms with Crippen molar-refractivity contribution in [3.63, 3.8) is 0 Å². The highest BCUT2D eigenvalue weighted by Crippen LogP contribution is 2.12. The summed E-state index contributed by atoms with van der Waals surface area (Å²) in [6.07, 6.45) is 1.26. The fourth-order valence-electron chi connectivity index (χ4n) is 2.39. The molecule has 1 heterocycles. The molecule has 5 heteroatoms. The lowest BCUT2D eigenvalue weighted by molar-refractivity contribution is 0.0860. The minimum atomic E-state index is -0.263. The summed E-state index contributed by atoms with van der Waals surface area (Å²) in [5.74, 6) is -0.0513. The Kier molecular flexibility index (Phi) is 5.20. The third kappa shape index (κ3) is 4.21. The number of hydrogen-bond donors (Lipinski definition) is 1. The fourth-order valence-corrected chi connectivity index (χ4v) is 2.39. The van der Waals surface area contributed by atoms with Gasteiger partial charge in [-0.1, -0.05) is 17.7 Å². The van der Waals surface area contributed by atoms with E-state index in [0.29, 0.717) is 25.3 Å². The number of likely N-dealkylation sites (tertiary alicyclic amines) is 1. The molecule has 21 heavy (non-hydrogen) atoms. The van der Waals surface area contributed by atoms with Gasteiger partial charge in [-0.15, -0.1) is 0 Å². The maximum atomic E-state index is 12.1. The smallest absolute Gasteiger partial charge is 0.409 e. The topological polar surface area (TPSA) is 58.6 Å². The first kappa shape index (κ1) is 15.4. The number of rotatable bonds is 3. The number of amides is 2. The number of nitrogens with zero attached hydrogens (tertiary/aromatic N) is 1. The Balaban J connectivity index is 1.82. The molecule has 2 amide bonds. The van der Waals surface area contributed by atoms with Crippen LogP contribution >= 0.6 is 0 Å². The Hall–Kier alpha value is -2.04. The van der Waals surface area contributed by atoms with E-state index in [4.69, 9.17) is 4.74 Å². The van der Waals surface area contributed by atoms with Gasteiger partial charge in [-0.25, -0.2) is 4.79 Å². The first-order chi connectivity index (χ1) is 10.1. The number of hydrogen-bond acceptors (Lipinski definition) is 3. The molecule has 0 bridgehead atoms. The number of piperidine rings is 1. The lowest BCUT2D eigenvalue weighted by Crippen LogP contribution is -2.46. The van der Waals surface area contributed by atoms with Crippen molar-refractivity contribution in [2.45, 2.75) is 32.7 Å². The minimum Gasteiger partial charge on any atom is -0.450 e. The number of carbonyl (C=O) groups is 2. The zero-order valence-corrected chi connectivity index (χ0v) is 12.6. The normalized spacial score (nSPS) is 15.6. The van der Waals surface area contributed by atoms with Crippen LogP contribution in [0.5, 0.6) is 0 Å². The summed E-state index contributed by atoms with van der Waals surface area (Å²) in [4.78, 5) is 25.4. The van der Waals surface area contributed by atoms with Gasteiger partial charge in [0.1, 0.15) is 0 Å². The molecule has 1 aromatic rings. The number of benzene rings is 1. The van der Waals surface area contributed by atoms with Crippen molar-refractivity contribution in [3.05, 3.63) is 35.4 Å². The Morgan fingerprint density at radius 2 is 1.86 bits per heavy atom. The van der Waals surface area contributed by atoms with Crippen LogP contribution in [0.1, 0.15) is 35.7 Å². The minimum absolute atomic E-state index is 0.0513. The van der Waals surface area contributed by atoms with Crippen LogP contribution in [0.15, 0.2) is 24.3 Å².